The van der Waals surface area contributed by atoms with E-state index in [0.29, 0.717) is 12.1 Å². The number of halogens is 2. The largest absolute Gasteiger partial charge is 0.343 e. The summed E-state index contributed by atoms with van der Waals surface area (Å²) in [4.78, 5) is 0. The first-order chi connectivity index (χ1) is 8.75. The summed E-state index contributed by atoms with van der Waals surface area (Å²) in [6.45, 7) is 0.330. The molecule has 0 spiro atoms. The number of benzene rings is 2. The highest BCUT2D eigenvalue weighted by Gasteiger charge is 2.09. The highest BCUT2D eigenvalue weighted by molar-refractivity contribution is 5.80. The molecule has 0 aliphatic heterocycles. The highest BCUT2D eigenvalue weighted by atomic mass is 19.2. The Balaban J connectivity index is 2.04. The van der Waals surface area contributed by atoms with Crippen molar-refractivity contribution in [3.05, 3.63) is 71.9 Å². The van der Waals surface area contributed by atoms with Gasteiger partial charge < -0.3 is 4.57 Å². The number of aromatic nitrogens is 1. The SMILES string of the molecule is Fc1cccc(Cn2ccc3ccccc32)c1F. The summed E-state index contributed by atoms with van der Waals surface area (Å²) in [6, 6.07) is 14.1. The number of nitrogens with zero attached hydrogens (tertiary/aromatic N) is 1. The average molecular weight is 243 g/mol. The van der Waals surface area contributed by atoms with Gasteiger partial charge in [0, 0.05) is 17.3 Å². The van der Waals surface area contributed by atoms with Crippen molar-refractivity contribution in [1.29, 1.82) is 0 Å². The number of hydrogen-bond donors (Lipinski definition) is 0. The standard InChI is InChI=1S/C15H11F2N/c16-13-6-3-5-12(15(13)17)10-18-9-8-11-4-1-2-7-14(11)18/h1-9H,10H2. The lowest BCUT2D eigenvalue weighted by molar-refractivity contribution is 0.496. The summed E-state index contributed by atoms with van der Waals surface area (Å²) in [5.74, 6) is -1.57. The third kappa shape index (κ3) is 1.78. The summed E-state index contributed by atoms with van der Waals surface area (Å²) < 4.78 is 28.7. The number of rotatable bonds is 2. The second kappa shape index (κ2) is 4.26. The van der Waals surface area contributed by atoms with Crippen LogP contribution in [0.4, 0.5) is 8.78 Å². The van der Waals surface area contributed by atoms with E-state index in [-0.39, 0.29) is 0 Å². The van der Waals surface area contributed by atoms with Gasteiger partial charge in [-0.15, -0.1) is 0 Å². The number of fused-ring (bicyclic) bond motifs is 1. The minimum atomic E-state index is -0.802. The molecule has 0 N–H and O–H groups in total. The van der Waals surface area contributed by atoms with Crippen molar-refractivity contribution in [1.82, 2.24) is 4.57 Å². The van der Waals surface area contributed by atoms with E-state index in [2.05, 4.69) is 0 Å². The van der Waals surface area contributed by atoms with Crippen molar-refractivity contribution in [2.24, 2.45) is 0 Å². The Kier molecular flexibility index (Phi) is 2.59. The van der Waals surface area contributed by atoms with Crippen molar-refractivity contribution in [2.45, 2.75) is 6.54 Å². The molecule has 3 heteroatoms. The van der Waals surface area contributed by atoms with Gasteiger partial charge in [0.2, 0.25) is 0 Å². The van der Waals surface area contributed by atoms with Crippen LogP contribution < -0.4 is 0 Å². The van der Waals surface area contributed by atoms with Gasteiger partial charge >= 0.3 is 0 Å². The second-order valence-corrected chi connectivity index (χ2v) is 4.22. The molecule has 3 rings (SSSR count). The average Bonchev–Trinajstić information content (AvgIpc) is 2.79. The van der Waals surface area contributed by atoms with E-state index < -0.39 is 11.6 Å². The maximum absolute atomic E-state index is 13.6. The molecule has 0 bridgehead atoms. The first-order valence-corrected chi connectivity index (χ1v) is 5.72. The van der Waals surface area contributed by atoms with E-state index >= 15 is 0 Å². The van der Waals surface area contributed by atoms with Crippen LogP contribution in [0.25, 0.3) is 10.9 Å². The second-order valence-electron chi connectivity index (χ2n) is 4.22. The third-order valence-corrected chi connectivity index (χ3v) is 3.05. The normalized spacial score (nSPS) is 11.0. The summed E-state index contributed by atoms with van der Waals surface area (Å²) in [5, 5.41) is 1.09. The number of hydrogen-bond acceptors (Lipinski definition) is 0. The predicted molar refractivity (Wildman–Crippen MR) is 67.4 cm³/mol. The van der Waals surface area contributed by atoms with Crippen LogP contribution in [0.2, 0.25) is 0 Å². The zero-order valence-electron chi connectivity index (χ0n) is 9.61. The van der Waals surface area contributed by atoms with Crippen LogP contribution >= 0.6 is 0 Å². The molecule has 18 heavy (non-hydrogen) atoms. The van der Waals surface area contributed by atoms with Crippen molar-refractivity contribution in [3.63, 3.8) is 0 Å². The summed E-state index contributed by atoms with van der Waals surface area (Å²) in [5.41, 5.74) is 1.37. The Morgan fingerprint density at radius 3 is 2.61 bits per heavy atom. The van der Waals surface area contributed by atoms with Gasteiger partial charge in [0.05, 0.1) is 6.54 Å². The molecule has 0 fully saturated rings. The number of para-hydroxylation sites is 1. The fourth-order valence-electron chi connectivity index (χ4n) is 2.13. The molecule has 1 heterocycles. The summed E-state index contributed by atoms with van der Waals surface area (Å²) in [6.07, 6.45) is 1.88. The lowest BCUT2D eigenvalue weighted by Gasteiger charge is -2.07. The maximum atomic E-state index is 13.6. The minimum absolute atomic E-state index is 0.330. The molecule has 3 aromatic rings. The Hall–Kier alpha value is -2.16. The van der Waals surface area contributed by atoms with Gasteiger partial charge in [-0.25, -0.2) is 8.78 Å². The van der Waals surface area contributed by atoms with Gasteiger partial charge in [0.1, 0.15) is 0 Å². The lowest BCUT2D eigenvalue weighted by atomic mass is 10.2. The molecule has 0 saturated carbocycles. The van der Waals surface area contributed by atoms with E-state index in [4.69, 9.17) is 0 Å². The molecular formula is C15H11F2N. The highest BCUT2D eigenvalue weighted by Crippen LogP contribution is 2.18. The molecule has 1 nitrogen and oxygen atoms in total. The van der Waals surface area contributed by atoms with Crippen LogP contribution in [-0.2, 0) is 6.54 Å². The zero-order valence-corrected chi connectivity index (χ0v) is 9.61. The molecule has 0 aliphatic carbocycles. The van der Waals surface area contributed by atoms with Gasteiger partial charge in [-0.05, 0) is 23.6 Å². The molecule has 0 amide bonds. The van der Waals surface area contributed by atoms with Crippen molar-refractivity contribution in [2.75, 3.05) is 0 Å². The summed E-state index contributed by atoms with van der Waals surface area (Å²) in [7, 11) is 0. The van der Waals surface area contributed by atoms with Gasteiger partial charge in [0.25, 0.3) is 0 Å². The van der Waals surface area contributed by atoms with Crippen LogP contribution in [0.15, 0.2) is 54.7 Å². The smallest absolute Gasteiger partial charge is 0.163 e. The van der Waals surface area contributed by atoms with E-state index in [9.17, 15) is 8.78 Å². The molecule has 0 unspecified atom stereocenters. The van der Waals surface area contributed by atoms with E-state index in [1.54, 1.807) is 6.07 Å². The maximum Gasteiger partial charge on any atom is 0.163 e. The van der Waals surface area contributed by atoms with Gasteiger partial charge in [-0.3, -0.25) is 0 Å². The molecule has 0 atom stereocenters. The van der Waals surface area contributed by atoms with Crippen molar-refractivity contribution in [3.8, 4) is 0 Å². The van der Waals surface area contributed by atoms with Crippen LogP contribution in [0, 0.1) is 11.6 Å². The fraction of sp³-hybridized carbons (Fsp3) is 0.0667. The molecular weight excluding hydrogens is 232 g/mol. The van der Waals surface area contributed by atoms with Crippen LogP contribution in [-0.4, -0.2) is 4.57 Å². The first kappa shape index (κ1) is 11.0. The Labute approximate surface area is 103 Å². The van der Waals surface area contributed by atoms with Crippen LogP contribution in [0.1, 0.15) is 5.56 Å². The van der Waals surface area contributed by atoms with Crippen molar-refractivity contribution < 1.29 is 8.78 Å². The molecule has 0 radical (unpaired) electrons. The van der Waals surface area contributed by atoms with Crippen LogP contribution in [0.3, 0.4) is 0 Å². The first-order valence-electron chi connectivity index (χ1n) is 5.72. The van der Waals surface area contributed by atoms with Crippen LogP contribution in [0.5, 0.6) is 0 Å². The molecule has 0 saturated heterocycles. The summed E-state index contributed by atoms with van der Waals surface area (Å²) >= 11 is 0. The van der Waals surface area contributed by atoms with E-state index in [0.717, 1.165) is 17.0 Å². The van der Waals surface area contributed by atoms with Gasteiger partial charge in [-0.2, -0.15) is 0 Å². The Morgan fingerprint density at radius 1 is 0.889 bits per heavy atom. The quantitative estimate of drug-likeness (QED) is 0.642. The lowest BCUT2D eigenvalue weighted by Crippen LogP contribution is -2.01. The zero-order chi connectivity index (χ0) is 12.5. The molecule has 1 aromatic heterocycles. The Morgan fingerprint density at radius 2 is 1.72 bits per heavy atom. The predicted octanol–water partition coefficient (Wildman–Crippen LogP) is 3.97. The van der Waals surface area contributed by atoms with Gasteiger partial charge in [-0.1, -0.05) is 30.3 Å². The van der Waals surface area contributed by atoms with E-state index in [1.807, 2.05) is 41.1 Å². The monoisotopic (exact) mass is 243 g/mol. The Bertz CT molecular complexity index is 701. The van der Waals surface area contributed by atoms with Crippen molar-refractivity contribution >= 4 is 10.9 Å². The third-order valence-electron chi connectivity index (χ3n) is 3.05. The fourth-order valence-corrected chi connectivity index (χ4v) is 2.13. The molecule has 0 aliphatic rings. The molecule has 90 valence electrons. The molecule has 2 aromatic carbocycles. The minimum Gasteiger partial charge on any atom is -0.343 e. The topological polar surface area (TPSA) is 4.93 Å². The van der Waals surface area contributed by atoms with E-state index in [1.165, 1.54) is 6.07 Å². The van der Waals surface area contributed by atoms with Gasteiger partial charge in [0.15, 0.2) is 11.6 Å².